The van der Waals surface area contributed by atoms with Crippen LogP contribution in [0.1, 0.15) is 16.1 Å². The molecule has 0 fully saturated rings. The first-order valence-corrected chi connectivity index (χ1v) is 7.96. The van der Waals surface area contributed by atoms with Gasteiger partial charge in [-0.05, 0) is 41.1 Å². The zero-order chi connectivity index (χ0) is 16.0. The van der Waals surface area contributed by atoms with Crippen LogP contribution >= 0.6 is 15.9 Å². The second kappa shape index (κ2) is 5.25. The Hall–Kier alpha value is -2.59. The number of hydrogen-bond donors (Lipinski definition) is 2. The van der Waals surface area contributed by atoms with Crippen LogP contribution in [-0.4, -0.2) is 15.9 Å². The number of carbonyl (C=O) groups is 1. The maximum atomic E-state index is 12.8. The van der Waals surface area contributed by atoms with E-state index in [-0.39, 0.29) is 11.5 Å². The van der Waals surface area contributed by atoms with Crippen molar-refractivity contribution in [3.05, 3.63) is 76.4 Å². The van der Waals surface area contributed by atoms with Crippen LogP contribution in [0, 0.1) is 0 Å². The molecule has 0 saturated carbocycles. The average molecular weight is 366 g/mol. The highest BCUT2D eigenvalue weighted by Gasteiger charge is 2.17. The first-order valence-electron chi connectivity index (χ1n) is 7.16. The molecule has 3 nitrogen and oxygen atoms in total. The van der Waals surface area contributed by atoms with Crippen LogP contribution in [0.15, 0.2) is 65.1 Å². The normalized spacial score (nSPS) is 11.2. The smallest absolute Gasteiger partial charge is 0.212 e. The lowest BCUT2D eigenvalue weighted by Gasteiger charge is -2.05. The van der Waals surface area contributed by atoms with E-state index in [2.05, 4.69) is 20.9 Å². The van der Waals surface area contributed by atoms with Crippen molar-refractivity contribution >= 4 is 43.4 Å². The number of benzene rings is 3. The van der Waals surface area contributed by atoms with Gasteiger partial charge in [-0.15, -0.1) is 0 Å². The number of hydrogen-bond acceptors (Lipinski definition) is 2. The number of phenolic OH excluding ortho intramolecular Hbond substituents is 1. The maximum absolute atomic E-state index is 12.8. The van der Waals surface area contributed by atoms with Crippen LogP contribution in [0.5, 0.6) is 5.75 Å². The van der Waals surface area contributed by atoms with Gasteiger partial charge in [-0.3, -0.25) is 4.79 Å². The fourth-order valence-electron chi connectivity index (χ4n) is 2.78. The molecule has 1 aromatic heterocycles. The average Bonchev–Trinajstić information content (AvgIpc) is 2.96. The van der Waals surface area contributed by atoms with Crippen molar-refractivity contribution in [1.29, 1.82) is 0 Å². The SMILES string of the molecule is O=C(c1cc2ccc(Br)cc2[nH]1)c1cc2ccccc2cc1O. The molecule has 23 heavy (non-hydrogen) atoms. The number of phenols is 1. The zero-order valence-electron chi connectivity index (χ0n) is 12.0. The number of carbonyl (C=O) groups excluding carboxylic acids is 1. The second-order valence-corrected chi connectivity index (χ2v) is 6.38. The number of aromatic hydroxyl groups is 1. The van der Waals surface area contributed by atoms with Gasteiger partial charge in [0.1, 0.15) is 5.75 Å². The molecule has 4 aromatic rings. The molecule has 0 radical (unpaired) electrons. The Morgan fingerprint density at radius 1 is 0.913 bits per heavy atom. The predicted molar refractivity (Wildman–Crippen MR) is 95.0 cm³/mol. The standard InChI is InChI=1S/C19H12BrNO2/c20-14-6-5-13-8-17(21-16(13)10-14)19(23)15-7-11-3-1-2-4-12(11)9-18(15)22/h1-10,21-22H. The molecular formula is C19H12BrNO2. The Balaban J connectivity index is 1.85. The van der Waals surface area contributed by atoms with E-state index in [0.29, 0.717) is 11.3 Å². The minimum absolute atomic E-state index is 0.00598. The van der Waals surface area contributed by atoms with E-state index in [1.807, 2.05) is 42.5 Å². The van der Waals surface area contributed by atoms with Gasteiger partial charge in [-0.2, -0.15) is 0 Å². The number of nitrogens with one attached hydrogen (secondary N) is 1. The summed E-state index contributed by atoms with van der Waals surface area (Å²) < 4.78 is 0.944. The molecular weight excluding hydrogens is 354 g/mol. The predicted octanol–water partition coefficient (Wildman–Crippen LogP) is 5.02. The van der Waals surface area contributed by atoms with Crippen molar-refractivity contribution in [3.63, 3.8) is 0 Å². The van der Waals surface area contributed by atoms with Gasteiger partial charge >= 0.3 is 0 Å². The summed E-state index contributed by atoms with van der Waals surface area (Å²) in [7, 11) is 0. The quantitative estimate of drug-likeness (QED) is 0.490. The molecule has 0 unspecified atom stereocenters. The summed E-state index contributed by atoms with van der Waals surface area (Å²) in [6.07, 6.45) is 0. The number of aromatic amines is 1. The first-order chi connectivity index (χ1) is 11.1. The highest BCUT2D eigenvalue weighted by molar-refractivity contribution is 9.10. The molecule has 112 valence electrons. The lowest BCUT2D eigenvalue weighted by Crippen LogP contribution is -2.02. The molecule has 1 heterocycles. The van der Waals surface area contributed by atoms with Gasteiger partial charge in [0.2, 0.25) is 5.78 Å². The third-order valence-electron chi connectivity index (χ3n) is 3.94. The minimum atomic E-state index is -0.222. The van der Waals surface area contributed by atoms with E-state index < -0.39 is 0 Å². The van der Waals surface area contributed by atoms with Crippen molar-refractivity contribution in [2.45, 2.75) is 0 Å². The fourth-order valence-corrected chi connectivity index (χ4v) is 3.14. The molecule has 4 rings (SSSR count). The van der Waals surface area contributed by atoms with E-state index in [1.165, 1.54) is 0 Å². The van der Waals surface area contributed by atoms with Gasteiger partial charge in [0.05, 0.1) is 11.3 Å². The fraction of sp³-hybridized carbons (Fsp3) is 0. The lowest BCUT2D eigenvalue weighted by molar-refractivity contribution is 0.103. The van der Waals surface area contributed by atoms with Crippen molar-refractivity contribution in [2.75, 3.05) is 0 Å². The molecule has 3 aromatic carbocycles. The Labute approximate surface area is 140 Å². The molecule has 0 saturated heterocycles. The summed E-state index contributed by atoms with van der Waals surface area (Å²) >= 11 is 3.42. The van der Waals surface area contributed by atoms with E-state index in [0.717, 1.165) is 26.1 Å². The molecule has 4 heteroatoms. The van der Waals surface area contributed by atoms with Crippen molar-refractivity contribution in [1.82, 2.24) is 4.98 Å². The molecule has 0 aliphatic rings. The summed E-state index contributed by atoms with van der Waals surface area (Å²) in [6, 6.07) is 18.6. The van der Waals surface area contributed by atoms with Crippen LogP contribution in [0.4, 0.5) is 0 Å². The molecule has 2 N–H and O–H groups in total. The van der Waals surface area contributed by atoms with Gasteiger partial charge in [-0.1, -0.05) is 46.3 Å². The molecule has 0 aliphatic heterocycles. The van der Waals surface area contributed by atoms with Gasteiger partial charge < -0.3 is 10.1 Å². The zero-order valence-corrected chi connectivity index (χ0v) is 13.6. The highest BCUT2D eigenvalue weighted by Crippen LogP contribution is 2.28. The molecule has 0 amide bonds. The summed E-state index contributed by atoms with van der Waals surface area (Å²) in [5.41, 5.74) is 1.64. The number of halogens is 1. The lowest BCUT2D eigenvalue weighted by atomic mass is 10.0. The van der Waals surface area contributed by atoms with Crippen LogP contribution in [0.2, 0.25) is 0 Å². The number of aromatic nitrogens is 1. The van der Waals surface area contributed by atoms with Crippen molar-refractivity contribution in [3.8, 4) is 5.75 Å². The molecule has 0 bridgehead atoms. The third-order valence-corrected chi connectivity index (χ3v) is 4.43. The maximum Gasteiger partial charge on any atom is 0.212 e. The van der Waals surface area contributed by atoms with E-state index in [1.54, 1.807) is 18.2 Å². The molecule has 0 atom stereocenters. The Morgan fingerprint density at radius 3 is 2.43 bits per heavy atom. The molecule has 0 aliphatic carbocycles. The number of H-pyrrole nitrogens is 1. The minimum Gasteiger partial charge on any atom is -0.507 e. The van der Waals surface area contributed by atoms with Gasteiger partial charge in [-0.25, -0.2) is 0 Å². The van der Waals surface area contributed by atoms with Crippen LogP contribution in [0.25, 0.3) is 21.7 Å². The van der Waals surface area contributed by atoms with Crippen LogP contribution < -0.4 is 0 Å². The number of rotatable bonds is 2. The number of ketones is 1. The first kappa shape index (κ1) is 14.0. The van der Waals surface area contributed by atoms with Crippen molar-refractivity contribution < 1.29 is 9.90 Å². The topological polar surface area (TPSA) is 53.1 Å². The summed E-state index contributed by atoms with van der Waals surface area (Å²) in [5, 5.41) is 13.0. The Morgan fingerprint density at radius 2 is 1.65 bits per heavy atom. The highest BCUT2D eigenvalue weighted by atomic mass is 79.9. The van der Waals surface area contributed by atoms with E-state index in [9.17, 15) is 9.90 Å². The largest absolute Gasteiger partial charge is 0.507 e. The molecule has 0 spiro atoms. The Bertz CT molecular complexity index is 1070. The Kier molecular flexibility index (Phi) is 3.20. The third kappa shape index (κ3) is 2.41. The second-order valence-electron chi connectivity index (χ2n) is 5.46. The van der Waals surface area contributed by atoms with Crippen LogP contribution in [0.3, 0.4) is 0 Å². The summed E-state index contributed by atoms with van der Waals surface area (Å²) in [5.74, 6) is -0.228. The monoisotopic (exact) mass is 365 g/mol. The van der Waals surface area contributed by atoms with Gasteiger partial charge in [0, 0.05) is 15.4 Å². The number of fused-ring (bicyclic) bond motifs is 2. The van der Waals surface area contributed by atoms with Crippen LogP contribution in [-0.2, 0) is 0 Å². The summed E-state index contributed by atoms with van der Waals surface area (Å²) in [6.45, 7) is 0. The summed E-state index contributed by atoms with van der Waals surface area (Å²) in [4.78, 5) is 15.9. The van der Waals surface area contributed by atoms with E-state index in [4.69, 9.17) is 0 Å². The van der Waals surface area contributed by atoms with E-state index >= 15 is 0 Å². The van der Waals surface area contributed by atoms with Gasteiger partial charge in [0.25, 0.3) is 0 Å². The van der Waals surface area contributed by atoms with Crippen molar-refractivity contribution in [2.24, 2.45) is 0 Å². The van der Waals surface area contributed by atoms with Gasteiger partial charge in [0.15, 0.2) is 0 Å².